The summed E-state index contributed by atoms with van der Waals surface area (Å²) in [5.41, 5.74) is 2.70. The fourth-order valence-corrected chi connectivity index (χ4v) is 2.99. The molecule has 0 atom stereocenters. The Labute approximate surface area is 155 Å². The number of hydrogen-bond donors (Lipinski definition) is 2. The third-order valence-electron chi connectivity index (χ3n) is 4.17. The van der Waals surface area contributed by atoms with Gasteiger partial charge in [0, 0.05) is 40.7 Å². The van der Waals surface area contributed by atoms with Gasteiger partial charge in [0.05, 0.1) is 0 Å². The summed E-state index contributed by atoms with van der Waals surface area (Å²) in [5.74, 6) is 6.19. The van der Waals surface area contributed by atoms with Crippen LogP contribution in [0.15, 0.2) is 65.6 Å². The molecule has 2 heterocycles. The summed E-state index contributed by atoms with van der Waals surface area (Å²) < 4.78 is 0. The van der Waals surface area contributed by atoms with Crippen molar-refractivity contribution >= 4 is 33.4 Å². The van der Waals surface area contributed by atoms with Crippen molar-refractivity contribution in [2.75, 3.05) is 5.32 Å². The number of aromatic amines is 1. The van der Waals surface area contributed by atoms with Crippen LogP contribution in [0.4, 0.5) is 5.69 Å². The molecule has 0 spiro atoms. The highest BCUT2D eigenvalue weighted by atomic mass is 16.1. The van der Waals surface area contributed by atoms with E-state index in [-0.39, 0.29) is 11.5 Å². The highest BCUT2D eigenvalue weighted by Gasteiger charge is 2.08. The number of aromatic nitrogens is 2. The highest BCUT2D eigenvalue weighted by molar-refractivity contribution is 6.06. The first-order chi connectivity index (χ1) is 13.1. The number of nitrogens with zero attached hydrogens (tertiary/aromatic N) is 1. The topological polar surface area (TPSA) is 74.8 Å². The minimum atomic E-state index is -0.163. The summed E-state index contributed by atoms with van der Waals surface area (Å²) in [6.45, 7) is 1.47. The number of H-pyrrole nitrogens is 1. The molecule has 4 rings (SSSR count). The van der Waals surface area contributed by atoms with Crippen molar-refractivity contribution in [3.63, 3.8) is 0 Å². The van der Waals surface area contributed by atoms with Gasteiger partial charge in [-0.3, -0.25) is 9.59 Å². The minimum Gasteiger partial charge on any atom is -0.326 e. The quantitative estimate of drug-likeness (QED) is 0.407. The average Bonchev–Trinajstić information content (AvgIpc) is 2.67. The molecule has 2 aromatic carbocycles. The van der Waals surface area contributed by atoms with Crippen LogP contribution in [-0.2, 0) is 4.79 Å². The maximum absolute atomic E-state index is 12.2. The fraction of sp³-hybridized carbons (Fsp3) is 0.0455. The summed E-state index contributed by atoms with van der Waals surface area (Å²) in [6, 6.07) is 16.6. The van der Waals surface area contributed by atoms with Gasteiger partial charge in [-0.2, -0.15) is 0 Å². The van der Waals surface area contributed by atoms with Crippen LogP contribution in [0, 0.1) is 11.8 Å². The Bertz CT molecular complexity index is 1290. The van der Waals surface area contributed by atoms with Crippen molar-refractivity contribution in [2.45, 2.75) is 6.92 Å². The molecule has 130 valence electrons. The van der Waals surface area contributed by atoms with E-state index in [1.165, 1.54) is 6.92 Å². The van der Waals surface area contributed by atoms with Gasteiger partial charge in [-0.25, -0.2) is 4.98 Å². The van der Waals surface area contributed by atoms with Crippen LogP contribution in [0.1, 0.15) is 18.1 Å². The second-order valence-corrected chi connectivity index (χ2v) is 6.09. The van der Waals surface area contributed by atoms with Crippen molar-refractivity contribution < 1.29 is 4.79 Å². The largest absolute Gasteiger partial charge is 0.326 e. The van der Waals surface area contributed by atoms with Gasteiger partial charge >= 0.3 is 0 Å². The van der Waals surface area contributed by atoms with Crippen molar-refractivity contribution in [1.82, 2.24) is 9.97 Å². The third kappa shape index (κ3) is 3.29. The van der Waals surface area contributed by atoms with Crippen molar-refractivity contribution in [3.8, 4) is 11.8 Å². The SMILES string of the molecule is CC(=O)Nc1ccc(C#Cc2ccnc3[nH]c(=O)c4ccccc4c23)cc1. The van der Waals surface area contributed by atoms with Crippen LogP contribution in [0.25, 0.3) is 21.8 Å². The average molecular weight is 353 g/mol. The van der Waals surface area contributed by atoms with E-state index in [1.54, 1.807) is 12.3 Å². The molecule has 0 unspecified atom stereocenters. The monoisotopic (exact) mass is 353 g/mol. The third-order valence-corrected chi connectivity index (χ3v) is 4.17. The molecular weight excluding hydrogens is 338 g/mol. The van der Waals surface area contributed by atoms with E-state index in [9.17, 15) is 9.59 Å². The smallest absolute Gasteiger partial charge is 0.257 e. The molecule has 0 saturated heterocycles. The normalized spacial score (nSPS) is 10.4. The molecule has 0 aliphatic rings. The molecular formula is C22H15N3O2. The van der Waals surface area contributed by atoms with E-state index in [4.69, 9.17) is 0 Å². The second-order valence-electron chi connectivity index (χ2n) is 6.09. The summed E-state index contributed by atoms with van der Waals surface area (Å²) in [5, 5.41) is 5.00. The molecule has 0 radical (unpaired) electrons. The molecule has 2 aromatic heterocycles. The Morgan fingerprint density at radius 1 is 1.00 bits per heavy atom. The number of hydrogen-bond acceptors (Lipinski definition) is 3. The molecule has 27 heavy (non-hydrogen) atoms. The van der Waals surface area contributed by atoms with E-state index in [2.05, 4.69) is 27.1 Å². The second kappa shape index (κ2) is 6.77. The lowest BCUT2D eigenvalue weighted by molar-refractivity contribution is -0.114. The molecule has 0 bridgehead atoms. The van der Waals surface area contributed by atoms with Gasteiger partial charge in [0.2, 0.25) is 5.91 Å². The van der Waals surface area contributed by atoms with Crippen LogP contribution < -0.4 is 10.9 Å². The van der Waals surface area contributed by atoms with Gasteiger partial charge in [0.15, 0.2) is 0 Å². The maximum Gasteiger partial charge on any atom is 0.257 e. The number of carbonyl (C=O) groups is 1. The Morgan fingerprint density at radius 3 is 2.48 bits per heavy atom. The Hall–Kier alpha value is -3.91. The number of rotatable bonds is 1. The first-order valence-corrected chi connectivity index (χ1v) is 8.41. The maximum atomic E-state index is 12.2. The number of pyridine rings is 2. The molecule has 4 aromatic rings. The fourth-order valence-electron chi connectivity index (χ4n) is 2.99. The summed E-state index contributed by atoms with van der Waals surface area (Å²) >= 11 is 0. The lowest BCUT2D eigenvalue weighted by atomic mass is 10.0. The van der Waals surface area contributed by atoms with E-state index < -0.39 is 0 Å². The van der Waals surface area contributed by atoms with Gasteiger partial charge in [0.25, 0.3) is 5.56 Å². The zero-order valence-corrected chi connectivity index (χ0v) is 14.5. The number of amides is 1. The number of fused-ring (bicyclic) bond motifs is 3. The predicted molar refractivity (Wildman–Crippen MR) is 107 cm³/mol. The predicted octanol–water partition coefficient (Wildman–Crippen LogP) is 3.43. The van der Waals surface area contributed by atoms with E-state index in [0.717, 1.165) is 27.6 Å². The van der Waals surface area contributed by atoms with E-state index in [0.29, 0.717) is 11.0 Å². The summed E-state index contributed by atoms with van der Waals surface area (Å²) in [4.78, 5) is 30.4. The molecule has 0 fully saturated rings. The molecule has 0 aliphatic heterocycles. The van der Waals surface area contributed by atoms with Crippen LogP contribution in [-0.4, -0.2) is 15.9 Å². The van der Waals surface area contributed by atoms with Crippen LogP contribution in [0.5, 0.6) is 0 Å². The van der Waals surface area contributed by atoms with Crippen LogP contribution in [0.3, 0.4) is 0 Å². The lowest BCUT2D eigenvalue weighted by Crippen LogP contribution is -2.07. The Kier molecular flexibility index (Phi) is 4.15. The van der Waals surface area contributed by atoms with Gasteiger partial charge < -0.3 is 10.3 Å². The van der Waals surface area contributed by atoms with E-state index >= 15 is 0 Å². The molecule has 1 amide bonds. The van der Waals surface area contributed by atoms with Crippen LogP contribution in [0.2, 0.25) is 0 Å². The van der Waals surface area contributed by atoms with Gasteiger partial charge in [-0.1, -0.05) is 30.0 Å². The van der Waals surface area contributed by atoms with Crippen molar-refractivity contribution in [3.05, 3.63) is 82.3 Å². The first kappa shape index (κ1) is 16.6. The standard InChI is InChI=1S/C22H15N3O2/c1-14(26)24-17-10-7-15(8-11-17)6-9-16-12-13-23-21-20(16)18-4-2-3-5-19(18)22(27)25-21/h2-5,7-8,10-13H,1H3,(H,24,26)(H,23,25,27). The Balaban J connectivity index is 1.82. The lowest BCUT2D eigenvalue weighted by Gasteiger charge is -2.04. The summed E-state index contributed by atoms with van der Waals surface area (Å²) in [6.07, 6.45) is 1.64. The van der Waals surface area contributed by atoms with Gasteiger partial charge in [0.1, 0.15) is 5.65 Å². The number of carbonyl (C=O) groups excluding carboxylic acids is 1. The molecule has 5 heteroatoms. The zero-order chi connectivity index (χ0) is 18.8. The summed E-state index contributed by atoms with van der Waals surface area (Å²) in [7, 11) is 0. The molecule has 2 N–H and O–H groups in total. The number of benzene rings is 2. The van der Waals surface area contributed by atoms with Crippen molar-refractivity contribution in [1.29, 1.82) is 0 Å². The van der Waals surface area contributed by atoms with Crippen LogP contribution >= 0.6 is 0 Å². The number of nitrogens with one attached hydrogen (secondary N) is 2. The Morgan fingerprint density at radius 2 is 1.74 bits per heavy atom. The van der Waals surface area contributed by atoms with Gasteiger partial charge in [-0.05, 0) is 41.8 Å². The highest BCUT2D eigenvalue weighted by Crippen LogP contribution is 2.22. The first-order valence-electron chi connectivity index (χ1n) is 8.41. The molecule has 0 saturated carbocycles. The van der Waals surface area contributed by atoms with Gasteiger partial charge in [-0.15, -0.1) is 0 Å². The number of anilines is 1. The molecule has 0 aliphatic carbocycles. The molecule has 5 nitrogen and oxygen atoms in total. The van der Waals surface area contributed by atoms with Crippen molar-refractivity contribution in [2.24, 2.45) is 0 Å². The minimum absolute atomic E-state index is 0.113. The zero-order valence-electron chi connectivity index (χ0n) is 14.5. The van der Waals surface area contributed by atoms with E-state index in [1.807, 2.05) is 48.5 Å².